The molecular weight excluding hydrogens is 262 g/mol. The van der Waals surface area contributed by atoms with Crippen LogP contribution in [0.25, 0.3) is 10.8 Å². The van der Waals surface area contributed by atoms with Gasteiger partial charge in [-0.1, -0.05) is 12.1 Å². The molecule has 0 unspecified atom stereocenters. The molecule has 3 aromatic rings. The smallest absolute Gasteiger partial charge is 0.123 e. The van der Waals surface area contributed by atoms with E-state index in [1.165, 1.54) is 0 Å². The SMILES string of the molecule is CCOc1cc(N)cc(Nc2cccc3ccncc23)c1. The Morgan fingerprint density at radius 2 is 2.10 bits per heavy atom. The highest BCUT2D eigenvalue weighted by atomic mass is 16.5. The van der Waals surface area contributed by atoms with E-state index in [2.05, 4.69) is 16.4 Å². The average Bonchev–Trinajstić information content (AvgIpc) is 2.47. The van der Waals surface area contributed by atoms with Crippen LogP contribution >= 0.6 is 0 Å². The third-order valence-electron chi connectivity index (χ3n) is 3.20. The minimum absolute atomic E-state index is 0.612. The van der Waals surface area contributed by atoms with E-state index in [1.807, 2.05) is 49.5 Å². The predicted octanol–water partition coefficient (Wildman–Crippen LogP) is 3.96. The first kappa shape index (κ1) is 13.2. The van der Waals surface area contributed by atoms with Gasteiger partial charge in [0.05, 0.1) is 6.61 Å². The number of rotatable bonds is 4. The highest BCUT2D eigenvalue weighted by molar-refractivity contribution is 5.94. The number of benzene rings is 2. The van der Waals surface area contributed by atoms with Gasteiger partial charge in [-0.25, -0.2) is 0 Å². The molecule has 106 valence electrons. The van der Waals surface area contributed by atoms with E-state index in [1.54, 1.807) is 6.20 Å². The minimum Gasteiger partial charge on any atom is -0.494 e. The van der Waals surface area contributed by atoms with Crippen LogP contribution in [0.1, 0.15) is 6.92 Å². The number of hydrogen-bond acceptors (Lipinski definition) is 4. The van der Waals surface area contributed by atoms with Gasteiger partial charge in [-0.2, -0.15) is 0 Å². The van der Waals surface area contributed by atoms with E-state index < -0.39 is 0 Å². The van der Waals surface area contributed by atoms with Crippen LogP contribution in [0.3, 0.4) is 0 Å². The van der Waals surface area contributed by atoms with Gasteiger partial charge in [0.15, 0.2) is 0 Å². The van der Waals surface area contributed by atoms with Gasteiger partial charge in [0.2, 0.25) is 0 Å². The molecule has 0 bridgehead atoms. The maximum atomic E-state index is 5.92. The summed E-state index contributed by atoms with van der Waals surface area (Å²) in [6.07, 6.45) is 3.65. The standard InChI is InChI=1S/C17H17N3O/c1-2-21-15-9-13(18)8-14(10-15)20-17-5-3-4-12-6-7-19-11-16(12)17/h3-11,20H,2,18H2,1H3. The molecule has 0 radical (unpaired) electrons. The third kappa shape index (κ3) is 2.89. The summed E-state index contributed by atoms with van der Waals surface area (Å²) in [7, 11) is 0. The summed E-state index contributed by atoms with van der Waals surface area (Å²) in [6.45, 7) is 2.56. The summed E-state index contributed by atoms with van der Waals surface area (Å²) < 4.78 is 5.52. The first-order valence-corrected chi connectivity index (χ1v) is 6.89. The third-order valence-corrected chi connectivity index (χ3v) is 3.20. The molecule has 0 aliphatic rings. The van der Waals surface area contributed by atoms with Crippen molar-refractivity contribution >= 4 is 27.8 Å². The molecule has 0 spiro atoms. The number of nitrogens with one attached hydrogen (secondary N) is 1. The zero-order valence-electron chi connectivity index (χ0n) is 11.8. The van der Waals surface area contributed by atoms with Gasteiger partial charge in [-0.15, -0.1) is 0 Å². The van der Waals surface area contributed by atoms with Crippen molar-refractivity contribution in [2.45, 2.75) is 6.92 Å². The molecule has 0 atom stereocenters. The Balaban J connectivity index is 1.98. The van der Waals surface area contributed by atoms with E-state index in [0.29, 0.717) is 12.3 Å². The fourth-order valence-corrected chi connectivity index (χ4v) is 2.32. The zero-order valence-corrected chi connectivity index (χ0v) is 11.8. The summed E-state index contributed by atoms with van der Waals surface area (Å²) in [5.74, 6) is 0.762. The van der Waals surface area contributed by atoms with Crippen LogP contribution in [0.2, 0.25) is 0 Å². The van der Waals surface area contributed by atoms with Crippen LogP contribution in [0.15, 0.2) is 54.9 Å². The Kier molecular flexibility index (Phi) is 3.60. The second kappa shape index (κ2) is 5.71. The largest absolute Gasteiger partial charge is 0.494 e. The van der Waals surface area contributed by atoms with Gasteiger partial charge in [-0.05, 0) is 30.5 Å². The summed E-state index contributed by atoms with van der Waals surface area (Å²) in [5.41, 5.74) is 8.48. The van der Waals surface area contributed by atoms with Crippen molar-refractivity contribution in [3.05, 3.63) is 54.9 Å². The lowest BCUT2D eigenvalue weighted by Gasteiger charge is -2.12. The lowest BCUT2D eigenvalue weighted by molar-refractivity contribution is 0.340. The van der Waals surface area contributed by atoms with Crippen molar-refractivity contribution < 1.29 is 4.74 Å². The number of hydrogen-bond donors (Lipinski definition) is 2. The molecule has 21 heavy (non-hydrogen) atoms. The van der Waals surface area contributed by atoms with E-state index in [-0.39, 0.29) is 0 Å². The van der Waals surface area contributed by atoms with Crippen LogP contribution in [-0.4, -0.2) is 11.6 Å². The highest BCUT2D eigenvalue weighted by Gasteiger charge is 2.04. The van der Waals surface area contributed by atoms with Gasteiger partial charge < -0.3 is 15.8 Å². The van der Waals surface area contributed by atoms with Gasteiger partial charge in [0.1, 0.15) is 5.75 Å². The number of fused-ring (bicyclic) bond motifs is 1. The molecule has 0 aliphatic carbocycles. The topological polar surface area (TPSA) is 60.2 Å². The summed E-state index contributed by atoms with van der Waals surface area (Å²) >= 11 is 0. The van der Waals surface area contributed by atoms with Gasteiger partial charge in [-0.3, -0.25) is 4.98 Å². The van der Waals surface area contributed by atoms with Crippen LogP contribution in [0.4, 0.5) is 17.1 Å². The van der Waals surface area contributed by atoms with Crippen molar-refractivity contribution in [1.29, 1.82) is 0 Å². The zero-order chi connectivity index (χ0) is 14.7. The fraction of sp³-hybridized carbons (Fsp3) is 0.118. The van der Waals surface area contributed by atoms with E-state index in [9.17, 15) is 0 Å². The molecule has 4 heteroatoms. The molecule has 1 heterocycles. The number of nitrogen functional groups attached to an aromatic ring is 1. The molecule has 0 fully saturated rings. The molecule has 2 aromatic carbocycles. The normalized spacial score (nSPS) is 10.5. The maximum Gasteiger partial charge on any atom is 0.123 e. The second-order valence-corrected chi connectivity index (χ2v) is 4.75. The number of aromatic nitrogens is 1. The summed E-state index contributed by atoms with van der Waals surface area (Å²) in [5, 5.41) is 5.60. The fourth-order valence-electron chi connectivity index (χ4n) is 2.32. The molecular formula is C17H17N3O. The van der Waals surface area contributed by atoms with Crippen LogP contribution in [0, 0.1) is 0 Å². The lowest BCUT2D eigenvalue weighted by Crippen LogP contribution is -1.97. The molecule has 0 amide bonds. The van der Waals surface area contributed by atoms with Crippen molar-refractivity contribution in [2.75, 3.05) is 17.7 Å². The number of nitrogens with zero attached hydrogens (tertiary/aromatic N) is 1. The van der Waals surface area contributed by atoms with Gasteiger partial charge >= 0.3 is 0 Å². The predicted molar refractivity (Wildman–Crippen MR) is 87.0 cm³/mol. The van der Waals surface area contributed by atoms with E-state index >= 15 is 0 Å². The summed E-state index contributed by atoms with van der Waals surface area (Å²) in [6, 6.07) is 13.7. The Morgan fingerprint density at radius 1 is 1.19 bits per heavy atom. The van der Waals surface area contributed by atoms with Crippen LogP contribution in [0.5, 0.6) is 5.75 Å². The van der Waals surface area contributed by atoms with Crippen LogP contribution in [-0.2, 0) is 0 Å². The van der Waals surface area contributed by atoms with Crippen molar-refractivity contribution in [2.24, 2.45) is 0 Å². The number of nitrogens with two attached hydrogens (primary N) is 1. The minimum atomic E-state index is 0.612. The number of pyridine rings is 1. The molecule has 0 saturated carbocycles. The molecule has 0 aliphatic heterocycles. The quantitative estimate of drug-likeness (QED) is 0.710. The maximum absolute atomic E-state index is 5.92. The Hall–Kier alpha value is -2.75. The first-order chi connectivity index (χ1) is 10.3. The van der Waals surface area contributed by atoms with E-state index in [4.69, 9.17) is 10.5 Å². The number of anilines is 3. The average molecular weight is 279 g/mol. The molecule has 0 saturated heterocycles. The molecule has 1 aromatic heterocycles. The first-order valence-electron chi connectivity index (χ1n) is 6.89. The summed E-state index contributed by atoms with van der Waals surface area (Å²) in [4.78, 5) is 4.19. The Morgan fingerprint density at radius 3 is 2.95 bits per heavy atom. The molecule has 3 rings (SSSR count). The van der Waals surface area contributed by atoms with Crippen LogP contribution < -0.4 is 15.8 Å². The number of ether oxygens (including phenoxy) is 1. The lowest BCUT2D eigenvalue weighted by atomic mass is 10.1. The molecule has 4 nitrogen and oxygen atoms in total. The Labute approximate surface area is 123 Å². The van der Waals surface area contributed by atoms with Gasteiger partial charge in [0.25, 0.3) is 0 Å². The highest BCUT2D eigenvalue weighted by Crippen LogP contribution is 2.29. The van der Waals surface area contributed by atoms with E-state index in [0.717, 1.165) is 27.9 Å². The Bertz CT molecular complexity index is 766. The van der Waals surface area contributed by atoms with Crippen molar-refractivity contribution in [3.63, 3.8) is 0 Å². The molecule has 3 N–H and O–H groups in total. The monoisotopic (exact) mass is 279 g/mol. The second-order valence-electron chi connectivity index (χ2n) is 4.75. The van der Waals surface area contributed by atoms with Gasteiger partial charge in [0, 0.05) is 47.0 Å². The van der Waals surface area contributed by atoms with Crippen molar-refractivity contribution in [3.8, 4) is 5.75 Å². The van der Waals surface area contributed by atoms with Crippen molar-refractivity contribution in [1.82, 2.24) is 4.98 Å².